The summed E-state index contributed by atoms with van der Waals surface area (Å²) in [6.07, 6.45) is 3.46. The van der Waals surface area contributed by atoms with E-state index in [0.717, 1.165) is 67.2 Å². The highest BCUT2D eigenvalue weighted by molar-refractivity contribution is 7.80. The number of nitro benzene ring substituents is 2. The van der Waals surface area contributed by atoms with E-state index in [2.05, 4.69) is 30.7 Å². The number of nitro groups is 2. The van der Waals surface area contributed by atoms with Crippen LogP contribution in [0.2, 0.25) is 0 Å². The minimum absolute atomic E-state index is 0.0875. The summed E-state index contributed by atoms with van der Waals surface area (Å²) < 4.78 is 0. The number of carbonyl (C=O) groups excluding carboxylic acids is 1. The minimum atomic E-state index is -0.552. The molecule has 0 spiro atoms. The van der Waals surface area contributed by atoms with Crippen molar-refractivity contribution in [2.24, 2.45) is 11.5 Å². The summed E-state index contributed by atoms with van der Waals surface area (Å²) in [5, 5.41) is 32.0. The third-order valence-electron chi connectivity index (χ3n) is 9.17. The third-order valence-corrected chi connectivity index (χ3v) is 10.5. The second kappa shape index (κ2) is 17.0. The van der Waals surface area contributed by atoms with Gasteiger partial charge in [-0.15, -0.1) is 11.3 Å². The highest BCUT2D eigenvalue weighted by Gasteiger charge is 2.23. The number of amides is 1. The monoisotopic (exact) mass is 757 g/mol. The summed E-state index contributed by atoms with van der Waals surface area (Å²) in [6, 6.07) is 17.3. The molecule has 2 fully saturated rings. The van der Waals surface area contributed by atoms with E-state index in [0.29, 0.717) is 47.1 Å². The molecule has 276 valence electrons. The Hall–Kier alpha value is -6.06. The van der Waals surface area contributed by atoms with E-state index >= 15 is 0 Å². The molecular weight excluding hydrogens is 719 g/mol. The topological polar surface area (TPSA) is 231 Å². The molecule has 0 bridgehead atoms. The lowest BCUT2D eigenvalue weighted by Gasteiger charge is -2.25. The lowest BCUT2D eigenvalue weighted by atomic mass is 10.2. The van der Waals surface area contributed by atoms with Gasteiger partial charge >= 0.3 is 0 Å². The first kappa shape index (κ1) is 38.2. The SMILES string of the molecule is C/C(=C(\C#N)C(N)=S)N1CCCN(c2cccc([N+](=O)[O-])c2)CC1.NC(=O)c1sc2nccc(N3CCCN(c4cccc([N+](=O)[O-])c4)CC3)c2c1N. The number of aromatic nitrogens is 1. The number of thiophene rings is 1. The summed E-state index contributed by atoms with van der Waals surface area (Å²) >= 11 is 6.14. The van der Waals surface area contributed by atoms with E-state index in [1.54, 1.807) is 30.5 Å². The van der Waals surface area contributed by atoms with E-state index in [-0.39, 0.29) is 26.2 Å². The van der Waals surface area contributed by atoms with Gasteiger partial charge in [0.05, 0.1) is 26.6 Å². The number of allylic oxidation sites excluding steroid dienone is 1. The number of benzene rings is 2. The van der Waals surface area contributed by atoms with Gasteiger partial charge in [-0.05, 0) is 38.0 Å². The first-order chi connectivity index (χ1) is 25.4. The Balaban J connectivity index is 0.000000209. The van der Waals surface area contributed by atoms with E-state index in [1.165, 1.54) is 23.5 Å². The van der Waals surface area contributed by atoms with Gasteiger partial charge in [-0.2, -0.15) is 5.26 Å². The van der Waals surface area contributed by atoms with Gasteiger partial charge in [0, 0.05) is 99.9 Å². The molecule has 2 saturated heterocycles. The Labute approximate surface area is 315 Å². The quantitative estimate of drug-likeness (QED) is 0.0721. The van der Waals surface area contributed by atoms with Gasteiger partial charge < -0.3 is 36.8 Å². The smallest absolute Gasteiger partial charge is 0.271 e. The molecule has 2 aliphatic heterocycles. The maximum atomic E-state index is 11.7. The summed E-state index contributed by atoms with van der Waals surface area (Å²) in [5.41, 5.74) is 21.5. The van der Waals surface area contributed by atoms with Crippen LogP contribution >= 0.6 is 23.6 Å². The van der Waals surface area contributed by atoms with E-state index in [9.17, 15) is 30.3 Å². The van der Waals surface area contributed by atoms with Crippen LogP contribution < -0.4 is 31.9 Å². The van der Waals surface area contributed by atoms with E-state index < -0.39 is 5.91 Å². The Morgan fingerprint density at radius 3 is 1.96 bits per heavy atom. The van der Waals surface area contributed by atoms with Gasteiger partial charge in [-0.3, -0.25) is 25.0 Å². The summed E-state index contributed by atoms with van der Waals surface area (Å²) in [6.45, 7) is 7.83. The molecule has 0 unspecified atom stereocenters. The van der Waals surface area contributed by atoms with Crippen LogP contribution in [-0.4, -0.2) is 83.0 Å². The van der Waals surface area contributed by atoms with Gasteiger partial charge in [0.2, 0.25) is 0 Å². The first-order valence-corrected chi connectivity index (χ1v) is 18.0. The predicted octanol–water partition coefficient (Wildman–Crippen LogP) is 4.79. The number of hydrogen-bond acceptors (Lipinski definition) is 14. The number of thiocarbonyl (C=S) groups is 1. The fraction of sp³-hybridized carbons (Fsp3) is 0.314. The van der Waals surface area contributed by atoms with Crippen LogP contribution in [0.5, 0.6) is 0 Å². The summed E-state index contributed by atoms with van der Waals surface area (Å²) in [5.74, 6) is -0.552. The van der Waals surface area contributed by atoms with Gasteiger partial charge in [0.15, 0.2) is 0 Å². The number of nitriles is 1. The zero-order valence-electron chi connectivity index (χ0n) is 29.0. The Morgan fingerprint density at radius 1 is 0.868 bits per heavy atom. The Morgan fingerprint density at radius 2 is 1.42 bits per heavy atom. The number of anilines is 4. The lowest BCUT2D eigenvalue weighted by Crippen LogP contribution is -2.31. The van der Waals surface area contributed by atoms with Crippen LogP contribution in [0.1, 0.15) is 29.4 Å². The average molecular weight is 758 g/mol. The normalized spacial score (nSPS) is 15.3. The Bertz CT molecular complexity index is 2120. The molecule has 6 rings (SSSR count). The van der Waals surface area contributed by atoms with Crippen molar-refractivity contribution < 1.29 is 14.6 Å². The van der Waals surface area contributed by atoms with Crippen molar-refractivity contribution in [3.63, 3.8) is 0 Å². The van der Waals surface area contributed by atoms with Crippen LogP contribution in [0.15, 0.2) is 72.1 Å². The van der Waals surface area contributed by atoms with Crippen molar-refractivity contribution in [3.05, 3.63) is 97.2 Å². The second-order valence-corrected chi connectivity index (χ2v) is 13.8. The van der Waals surface area contributed by atoms with Crippen molar-refractivity contribution in [2.75, 3.05) is 72.8 Å². The molecule has 18 heteroatoms. The molecule has 4 heterocycles. The van der Waals surface area contributed by atoms with E-state index in [1.807, 2.05) is 25.1 Å². The van der Waals surface area contributed by atoms with E-state index in [4.69, 9.17) is 29.4 Å². The van der Waals surface area contributed by atoms with Crippen LogP contribution in [-0.2, 0) is 0 Å². The highest BCUT2D eigenvalue weighted by atomic mass is 32.1. The van der Waals surface area contributed by atoms with Crippen molar-refractivity contribution in [2.45, 2.75) is 19.8 Å². The standard InChI is InChI=1S/C19H20N6O3S.C16H19N5O2S/c20-16-15-14(5-6-22-19(15)29-17(16)18(21)26)24-8-2-7-23(9-10-24)12-3-1-4-13(11-12)25(27)28;1-12(15(11-17)16(18)24)19-6-3-7-20(9-8-19)13-4-2-5-14(10-13)21(22)23/h1,3-6,11H,2,7-10,20H2,(H2,21,26);2,4-5,10H,3,6-9H2,1H3,(H2,18,24)/b;15-12-. The molecule has 53 heavy (non-hydrogen) atoms. The minimum Gasteiger partial charge on any atom is -0.397 e. The molecule has 2 aromatic heterocycles. The average Bonchev–Trinajstić information content (AvgIpc) is 3.33. The Kier molecular flexibility index (Phi) is 12.2. The first-order valence-electron chi connectivity index (χ1n) is 16.8. The fourth-order valence-corrected chi connectivity index (χ4v) is 7.61. The molecule has 0 radical (unpaired) electrons. The van der Waals surface area contributed by atoms with Crippen molar-refractivity contribution >= 4 is 78.8 Å². The number of non-ortho nitro benzene ring substituents is 2. The molecule has 2 aliphatic rings. The van der Waals surface area contributed by atoms with Crippen LogP contribution in [0.4, 0.5) is 34.1 Å². The van der Waals surface area contributed by atoms with Gasteiger partial charge in [-0.1, -0.05) is 24.4 Å². The zero-order chi connectivity index (χ0) is 38.2. The molecule has 1 amide bonds. The number of rotatable bonds is 8. The predicted molar refractivity (Wildman–Crippen MR) is 211 cm³/mol. The second-order valence-electron chi connectivity index (χ2n) is 12.4. The summed E-state index contributed by atoms with van der Waals surface area (Å²) in [4.78, 5) is 47.0. The van der Waals surface area contributed by atoms with Crippen molar-refractivity contribution in [3.8, 4) is 6.07 Å². The van der Waals surface area contributed by atoms with Crippen LogP contribution in [0.25, 0.3) is 10.2 Å². The molecular formula is C35H39N11O5S2. The largest absolute Gasteiger partial charge is 0.397 e. The zero-order valence-corrected chi connectivity index (χ0v) is 30.6. The fourth-order valence-electron chi connectivity index (χ4n) is 6.48. The van der Waals surface area contributed by atoms with Gasteiger partial charge in [-0.25, -0.2) is 4.98 Å². The highest BCUT2D eigenvalue weighted by Crippen LogP contribution is 2.39. The molecule has 4 aromatic rings. The van der Waals surface area contributed by atoms with Crippen LogP contribution in [0, 0.1) is 31.6 Å². The van der Waals surface area contributed by atoms with Gasteiger partial charge in [0.25, 0.3) is 17.3 Å². The third kappa shape index (κ3) is 8.88. The van der Waals surface area contributed by atoms with Gasteiger partial charge in [0.1, 0.15) is 26.3 Å². The maximum absolute atomic E-state index is 11.7. The molecule has 2 aromatic carbocycles. The number of pyridine rings is 1. The number of carbonyl (C=O) groups is 1. The number of nitrogens with zero attached hydrogens (tertiary/aromatic N) is 8. The molecule has 0 saturated carbocycles. The molecule has 0 aliphatic carbocycles. The van der Waals surface area contributed by atoms with Crippen molar-refractivity contribution in [1.82, 2.24) is 9.88 Å². The number of hydrogen-bond donors (Lipinski definition) is 3. The number of nitrogens with two attached hydrogens (primary N) is 3. The number of primary amides is 1. The number of fused-ring (bicyclic) bond motifs is 1. The molecule has 0 atom stereocenters. The van der Waals surface area contributed by atoms with Crippen LogP contribution in [0.3, 0.4) is 0 Å². The lowest BCUT2D eigenvalue weighted by molar-refractivity contribution is -0.385. The maximum Gasteiger partial charge on any atom is 0.271 e. The molecule has 16 nitrogen and oxygen atoms in total. The van der Waals surface area contributed by atoms with Crippen molar-refractivity contribution in [1.29, 1.82) is 5.26 Å². The number of nitrogen functional groups attached to an aromatic ring is 1. The molecule has 6 N–H and O–H groups in total. The summed E-state index contributed by atoms with van der Waals surface area (Å²) in [7, 11) is 0.